The molecule has 98 valence electrons. The van der Waals surface area contributed by atoms with E-state index in [1.807, 2.05) is 0 Å². The second-order valence-electron chi connectivity index (χ2n) is 4.12. The Labute approximate surface area is 109 Å². The maximum absolute atomic E-state index is 11.4. The predicted octanol–water partition coefficient (Wildman–Crippen LogP) is 2.38. The summed E-state index contributed by atoms with van der Waals surface area (Å²) >= 11 is 0. The van der Waals surface area contributed by atoms with Gasteiger partial charge in [-0.3, -0.25) is 9.59 Å². The van der Waals surface area contributed by atoms with E-state index in [0.29, 0.717) is 5.39 Å². The number of fused-ring (bicyclic) bond motifs is 1. The van der Waals surface area contributed by atoms with Gasteiger partial charge in [-0.05, 0) is 19.1 Å². The number of hydrogen-bond donors (Lipinski definition) is 2. The van der Waals surface area contributed by atoms with E-state index in [1.165, 1.54) is 26.0 Å². The smallest absolute Gasteiger partial charge is 0.308 e. The molecule has 0 unspecified atom stereocenters. The van der Waals surface area contributed by atoms with E-state index in [9.17, 15) is 19.8 Å². The van der Waals surface area contributed by atoms with Crippen molar-refractivity contribution in [2.75, 3.05) is 0 Å². The minimum absolute atomic E-state index is 0.0235. The molecule has 0 amide bonds. The molecule has 0 heterocycles. The number of rotatable bonds is 2. The van der Waals surface area contributed by atoms with E-state index in [0.717, 1.165) is 0 Å². The molecule has 0 saturated carbocycles. The van der Waals surface area contributed by atoms with Gasteiger partial charge in [0.05, 0.1) is 10.9 Å². The number of benzene rings is 2. The number of aromatic hydroxyl groups is 2. The predicted molar refractivity (Wildman–Crippen MR) is 68.6 cm³/mol. The summed E-state index contributed by atoms with van der Waals surface area (Å²) in [6.07, 6.45) is 0. The van der Waals surface area contributed by atoms with Crippen molar-refractivity contribution in [2.24, 2.45) is 0 Å². The number of hydrogen-bond acceptors (Lipinski definition) is 5. The van der Waals surface area contributed by atoms with Gasteiger partial charge in [0.2, 0.25) is 0 Å². The molecule has 19 heavy (non-hydrogen) atoms. The number of carbonyl (C=O) groups is 2. The second-order valence-corrected chi connectivity index (χ2v) is 4.12. The van der Waals surface area contributed by atoms with Crippen LogP contribution in [-0.2, 0) is 4.79 Å². The summed E-state index contributed by atoms with van der Waals surface area (Å²) in [7, 11) is 0. The van der Waals surface area contributed by atoms with Crippen LogP contribution in [0.15, 0.2) is 24.3 Å². The van der Waals surface area contributed by atoms with Crippen LogP contribution in [0.2, 0.25) is 0 Å². The molecule has 2 N–H and O–H groups in total. The third-order valence-electron chi connectivity index (χ3n) is 2.71. The fraction of sp³-hybridized carbons (Fsp3) is 0.143. The molecule has 0 aromatic heterocycles. The quantitative estimate of drug-likeness (QED) is 0.375. The Hall–Kier alpha value is -2.56. The molecular weight excluding hydrogens is 248 g/mol. The Kier molecular flexibility index (Phi) is 3.12. The van der Waals surface area contributed by atoms with Crippen molar-refractivity contribution in [1.29, 1.82) is 0 Å². The first-order valence-electron chi connectivity index (χ1n) is 5.59. The van der Waals surface area contributed by atoms with Crippen LogP contribution in [0.3, 0.4) is 0 Å². The molecule has 0 fully saturated rings. The normalized spacial score (nSPS) is 10.4. The number of ketones is 1. The number of esters is 1. The first-order valence-corrected chi connectivity index (χ1v) is 5.59. The lowest BCUT2D eigenvalue weighted by atomic mass is 10.0. The maximum Gasteiger partial charge on any atom is 0.308 e. The summed E-state index contributed by atoms with van der Waals surface area (Å²) in [5.74, 6) is -1.32. The molecule has 0 saturated heterocycles. The Morgan fingerprint density at radius 3 is 2.42 bits per heavy atom. The summed E-state index contributed by atoms with van der Waals surface area (Å²) in [5.41, 5.74) is -0.0235. The Morgan fingerprint density at radius 1 is 1.16 bits per heavy atom. The first-order chi connectivity index (χ1) is 8.91. The fourth-order valence-corrected chi connectivity index (χ4v) is 1.91. The van der Waals surface area contributed by atoms with Crippen molar-refractivity contribution < 1.29 is 24.5 Å². The van der Waals surface area contributed by atoms with Crippen LogP contribution in [0.4, 0.5) is 0 Å². The van der Waals surface area contributed by atoms with Crippen molar-refractivity contribution in [3.63, 3.8) is 0 Å². The van der Waals surface area contributed by atoms with Gasteiger partial charge in [-0.2, -0.15) is 0 Å². The van der Waals surface area contributed by atoms with Crippen LogP contribution < -0.4 is 4.74 Å². The molecule has 2 aromatic rings. The van der Waals surface area contributed by atoms with E-state index in [1.54, 1.807) is 12.1 Å². The van der Waals surface area contributed by atoms with E-state index in [2.05, 4.69) is 0 Å². The van der Waals surface area contributed by atoms with E-state index < -0.39 is 11.8 Å². The van der Waals surface area contributed by atoms with Crippen molar-refractivity contribution in [2.45, 2.75) is 13.8 Å². The summed E-state index contributed by atoms with van der Waals surface area (Å²) < 4.78 is 4.98. The molecule has 0 radical (unpaired) electrons. The minimum Gasteiger partial charge on any atom is -0.507 e. The highest BCUT2D eigenvalue weighted by atomic mass is 16.5. The van der Waals surface area contributed by atoms with Crippen molar-refractivity contribution >= 4 is 22.5 Å². The number of ether oxygens (including phenoxy) is 1. The largest absolute Gasteiger partial charge is 0.507 e. The molecule has 0 aliphatic heterocycles. The number of Topliss-reactive ketones (excluding diaryl/α,β-unsaturated/α-hetero) is 1. The van der Waals surface area contributed by atoms with Gasteiger partial charge in [-0.25, -0.2) is 0 Å². The highest BCUT2D eigenvalue weighted by Crippen LogP contribution is 2.40. The lowest BCUT2D eigenvalue weighted by Gasteiger charge is -2.11. The monoisotopic (exact) mass is 260 g/mol. The average Bonchev–Trinajstić information content (AvgIpc) is 2.32. The van der Waals surface area contributed by atoms with Gasteiger partial charge in [-0.15, -0.1) is 0 Å². The molecule has 2 aromatic carbocycles. The number of phenolic OH excluding ortho intramolecular Hbond substituents is 2. The standard InChI is InChI=1S/C14H12O5/c1-7(15)10-6-11(17)9-4-3-5-12(19-8(2)16)13(9)14(10)18/h3-6,17-18H,1-2H3. The molecule has 2 rings (SSSR count). The lowest BCUT2D eigenvalue weighted by Crippen LogP contribution is -2.02. The number of phenols is 2. The molecule has 0 aliphatic carbocycles. The topological polar surface area (TPSA) is 83.8 Å². The zero-order valence-electron chi connectivity index (χ0n) is 10.4. The van der Waals surface area contributed by atoms with Gasteiger partial charge in [0.1, 0.15) is 17.2 Å². The Bertz CT molecular complexity index is 688. The van der Waals surface area contributed by atoms with Gasteiger partial charge in [0.25, 0.3) is 0 Å². The molecular formula is C14H12O5. The summed E-state index contributed by atoms with van der Waals surface area (Å²) in [6, 6.07) is 5.80. The average molecular weight is 260 g/mol. The van der Waals surface area contributed by atoms with Crippen LogP contribution >= 0.6 is 0 Å². The highest BCUT2D eigenvalue weighted by Gasteiger charge is 2.18. The van der Waals surface area contributed by atoms with Gasteiger partial charge >= 0.3 is 5.97 Å². The SMILES string of the molecule is CC(=O)Oc1cccc2c(O)cc(C(C)=O)c(O)c12. The van der Waals surface area contributed by atoms with E-state index in [4.69, 9.17) is 4.74 Å². The van der Waals surface area contributed by atoms with Gasteiger partial charge in [-0.1, -0.05) is 12.1 Å². The maximum atomic E-state index is 11.4. The molecule has 5 heteroatoms. The van der Waals surface area contributed by atoms with Crippen molar-refractivity contribution in [1.82, 2.24) is 0 Å². The van der Waals surface area contributed by atoms with Gasteiger partial charge in [0, 0.05) is 12.3 Å². The molecule has 5 nitrogen and oxygen atoms in total. The zero-order chi connectivity index (χ0) is 14.2. The molecule has 0 atom stereocenters. The van der Waals surface area contributed by atoms with Crippen LogP contribution in [-0.4, -0.2) is 22.0 Å². The van der Waals surface area contributed by atoms with E-state index in [-0.39, 0.29) is 28.2 Å². The zero-order valence-corrected chi connectivity index (χ0v) is 10.4. The minimum atomic E-state index is -0.556. The second kappa shape index (κ2) is 4.61. The molecule has 0 aliphatic rings. The third-order valence-corrected chi connectivity index (χ3v) is 2.71. The Balaban J connectivity index is 2.85. The van der Waals surface area contributed by atoms with Gasteiger partial charge in [0.15, 0.2) is 5.78 Å². The van der Waals surface area contributed by atoms with Crippen LogP contribution in [0, 0.1) is 0 Å². The van der Waals surface area contributed by atoms with Crippen molar-refractivity contribution in [3.05, 3.63) is 29.8 Å². The number of carbonyl (C=O) groups excluding carboxylic acids is 2. The molecule has 0 bridgehead atoms. The Morgan fingerprint density at radius 2 is 1.84 bits per heavy atom. The summed E-state index contributed by atoms with van der Waals surface area (Å²) in [4.78, 5) is 22.5. The molecule has 0 spiro atoms. The fourth-order valence-electron chi connectivity index (χ4n) is 1.91. The van der Waals surface area contributed by atoms with E-state index >= 15 is 0 Å². The van der Waals surface area contributed by atoms with Crippen LogP contribution in [0.1, 0.15) is 24.2 Å². The van der Waals surface area contributed by atoms with Gasteiger partial charge < -0.3 is 14.9 Å². The third kappa shape index (κ3) is 2.22. The lowest BCUT2D eigenvalue weighted by molar-refractivity contribution is -0.131. The summed E-state index contributed by atoms with van der Waals surface area (Å²) in [6.45, 7) is 2.50. The van der Waals surface area contributed by atoms with Crippen LogP contribution in [0.5, 0.6) is 17.2 Å². The summed E-state index contributed by atoms with van der Waals surface area (Å²) in [5, 5.41) is 20.4. The first kappa shape index (κ1) is 12.9. The highest BCUT2D eigenvalue weighted by molar-refractivity contribution is 6.08. The van der Waals surface area contributed by atoms with Crippen molar-refractivity contribution in [3.8, 4) is 17.2 Å². The van der Waals surface area contributed by atoms with Crippen LogP contribution in [0.25, 0.3) is 10.8 Å².